The Balaban J connectivity index is 2.07. The highest BCUT2D eigenvalue weighted by Crippen LogP contribution is 2.18. The minimum Gasteiger partial charge on any atom is -0.317 e. The molecule has 5 nitrogen and oxygen atoms in total. The molecule has 116 valence electrons. The maximum atomic E-state index is 11.5. The molecule has 0 saturated carbocycles. The third-order valence-corrected chi connectivity index (χ3v) is 4.24. The first-order valence-electron chi connectivity index (χ1n) is 7.75. The second kappa shape index (κ2) is 8.12. The fourth-order valence-electron chi connectivity index (χ4n) is 3.00. The smallest absolute Gasteiger partial charge is 0.238 e. The molecule has 1 saturated heterocycles. The van der Waals surface area contributed by atoms with E-state index < -0.39 is 0 Å². The lowest BCUT2D eigenvalue weighted by atomic mass is 10.0. The lowest BCUT2D eigenvalue weighted by molar-refractivity contribution is -0.120. The molecule has 1 aromatic carbocycles. The maximum Gasteiger partial charge on any atom is 0.238 e. The summed E-state index contributed by atoms with van der Waals surface area (Å²) in [5.41, 5.74) is 4.50. The van der Waals surface area contributed by atoms with Crippen LogP contribution in [0.4, 0.5) is 0 Å². The van der Waals surface area contributed by atoms with Crippen LogP contribution in [-0.4, -0.2) is 36.5 Å². The number of nitrogens with zero attached hydrogens (tertiary/aromatic N) is 1. The van der Waals surface area contributed by atoms with E-state index in [1.807, 2.05) is 18.2 Å². The number of nitrogens with one attached hydrogen (secondary N) is 2. The van der Waals surface area contributed by atoms with Crippen molar-refractivity contribution in [3.63, 3.8) is 0 Å². The van der Waals surface area contributed by atoms with E-state index in [1.54, 1.807) is 0 Å². The molecule has 21 heavy (non-hydrogen) atoms. The maximum absolute atomic E-state index is 11.5. The largest absolute Gasteiger partial charge is 0.317 e. The molecule has 0 atom stereocenters. The van der Waals surface area contributed by atoms with Gasteiger partial charge in [0.2, 0.25) is 5.91 Å². The second-order valence-electron chi connectivity index (χ2n) is 5.56. The zero-order chi connectivity index (χ0) is 15.1. The van der Waals surface area contributed by atoms with Crippen molar-refractivity contribution in [1.82, 2.24) is 15.6 Å². The molecular formula is C16H26N4O. The van der Waals surface area contributed by atoms with Crippen LogP contribution in [0.5, 0.6) is 0 Å². The van der Waals surface area contributed by atoms with Gasteiger partial charge in [0.25, 0.3) is 0 Å². The third kappa shape index (κ3) is 4.52. The van der Waals surface area contributed by atoms with E-state index in [0.29, 0.717) is 12.5 Å². The highest BCUT2D eigenvalue weighted by molar-refractivity contribution is 5.78. The van der Waals surface area contributed by atoms with Crippen LogP contribution in [0.3, 0.4) is 0 Å². The van der Waals surface area contributed by atoms with Gasteiger partial charge in [-0.05, 0) is 43.6 Å². The van der Waals surface area contributed by atoms with Crippen LogP contribution in [0.1, 0.15) is 30.9 Å². The van der Waals surface area contributed by atoms with E-state index >= 15 is 0 Å². The first-order valence-corrected chi connectivity index (χ1v) is 7.75. The van der Waals surface area contributed by atoms with E-state index in [2.05, 4.69) is 28.6 Å². The van der Waals surface area contributed by atoms with Crippen molar-refractivity contribution in [1.29, 1.82) is 0 Å². The Labute approximate surface area is 126 Å². The fourth-order valence-corrected chi connectivity index (χ4v) is 3.00. The summed E-state index contributed by atoms with van der Waals surface area (Å²) in [5.74, 6) is 5.05. The standard InChI is InChI=1S/C16H26N4O/c1-2-20(15-7-9-18-10-8-15)12-14-6-4-3-5-13(14)11-16(21)19-17/h3-6,15,18H,2,7-12,17H2,1H3,(H,19,21). The summed E-state index contributed by atoms with van der Waals surface area (Å²) in [4.78, 5) is 14.0. The van der Waals surface area contributed by atoms with Crippen LogP contribution >= 0.6 is 0 Å². The molecule has 0 unspecified atom stereocenters. The molecule has 1 aliphatic rings. The number of hydrogen-bond acceptors (Lipinski definition) is 4. The van der Waals surface area contributed by atoms with Gasteiger partial charge in [0.05, 0.1) is 6.42 Å². The number of hydrogen-bond donors (Lipinski definition) is 3. The van der Waals surface area contributed by atoms with Crippen LogP contribution in [0.15, 0.2) is 24.3 Å². The van der Waals surface area contributed by atoms with Gasteiger partial charge >= 0.3 is 0 Å². The average molecular weight is 290 g/mol. The summed E-state index contributed by atoms with van der Waals surface area (Å²) in [6.45, 7) is 6.32. The molecule has 1 heterocycles. The summed E-state index contributed by atoms with van der Waals surface area (Å²) in [6, 6.07) is 8.77. The molecule has 0 radical (unpaired) electrons. The number of piperidine rings is 1. The lowest BCUT2D eigenvalue weighted by Gasteiger charge is -2.34. The topological polar surface area (TPSA) is 70.4 Å². The Hall–Kier alpha value is -1.43. The molecule has 1 aromatic rings. The second-order valence-corrected chi connectivity index (χ2v) is 5.56. The van der Waals surface area contributed by atoms with Crippen molar-refractivity contribution < 1.29 is 4.79 Å². The SMILES string of the molecule is CCN(Cc1ccccc1CC(=O)NN)C1CCNCC1. The third-order valence-electron chi connectivity index (χ3n) is 4.24. The zero-order valence-corrected chi connectivity index (χ0v) is 12.8. The normalized spacial score (nSPS) is 16.1. The van der Waals surface area contributed by atoms with Crippen molar-refractivity contribution >= 4 is 5.91 Å². The number of benzene rings is 1. The van der Waals surface area contributed by atoms with Crippen LogP contribution in [-0.2, 0) is 17.8 Å². The van der Waals surface area contributed by atoms with E-state index in [0.717, 1.165) is 31.7 Å². The van der Waals surface area contributed by atoms with Crippen LogP contribution in [0.25, 0.3) is 0 Å². The van der Waals surface area contributed by atoms with Gasteiger partial charge in [-0.2, -0.15) is 0 Å². The van der Waals surface area contributed by atoms with Gasteiger partial charge in [-0.15, -0.1) is 0 Å². The van der Waals surface area contributed by atoms with Crippen LogP contribution < -0.4 is 16.6 Å². The van der Waals surface area contributed by atoms with Gasteiger partial charge in [-0.3, -0.25) is 15.1 Å². The van der Waals surface area contributed by atoms with Crippen molar-refractivity contribution in [2.24, 2.45) is 5.84 Å². The number of carbonyl (C=O) groups excluding carboxylic acids is 1. The van der Waals surface area contributed by atoms with E-state index in [1.165, 1.54) is 18.4 Å². The first-order chi connectivity index (χ1) is 10.2. The molecule has 0 aromatic heterocycles. The molecule has 0 aliphatic carbocycles. The summed E-state index contributed by atoms with van der Waals surface area (Å²) >= 11 is 0. The summed E-state index contributed by atoms with van der Waals surface area (Å²) in [6.07, 6.45) is 2.73. The molecule has 5 heteroatoms. The molecule has 1 amide bonds. The molecule has 1 fully saturated rings. The summed E-state index contributed by atoms with van der Waals surface area (Å²) < 4.78 is 0. The van der Waals surface area contributed by atoms with Gasteiger partial charge in [0, 0.05) is 12.6 Å². The van der Waals surface area contributed by atoms with Gasteiger partial charge in [-0.25, -0.2) is 5.84 Å². The molecular weight excluding hydrogens is 264 g/mol. The number of rotatable bonds is 6. The van der Waals surface area contributed by atoms with Crippen molar-refractivity contribution in [3.05, 3.63) is 35.4 Å². The molecule has 4 N–H and O–H groups in total. The van der Waals surface area contributed by atoms with Crippen molar-refractivity contribution in [3.8, 4) is 0 Å². The Kier molecular flexibility index (Phi) is 6.17. The summed E-state index contributed by atoms with van der Waals surface area (Å²) in [7, 11) is 0. The zero-order valence-electron chi connectivity index (χ0n) is 12.8. The fraction of sp³-hybridized carbons (Fsp3) is 0.562. The molecule has 2 rings (SSSR count). The van der Waals surface area contributed by atoms with Gasteiger partial charge in [-0.1, -0.05) is 31.2 Å². The van der Waals surface area contributed by atoms with Gasteiger partial charge in [0.1, 0.15) is 0 Å². The molecule has 0 spiro atoms. The number of amides is 1. The highest BCUT2D eigenvalue weighted by Gasteiger charge is 2.20. The monoisotopic (exact) mass is 290 g/mol. The van der Waals surface area contributed by atoms with E-state index in [-0.39, 0.29) is 5.91 Å². The van der Waals surface area contributed by atoms with E-state index in [9.17, 15) is 4.79 Å². The van der Waals surface area contributed by atoms with Gasteiger partial charge < -0.3 is 5.32 Å². The number of hydrazine groups is 1. The molecule has 1 aliphatic heterocycles. The Bertz CT molecular complexity index is 457. The first kappa shape index (κ1) is 15.9. The Morgan fingerprint density at radius 2 is 2.00 bits per heavy atom. The van der Waals surface area contributed by atoms with Crippen LogP contribution in [0, 0.1) is 0 Å². The van der Waals surface area contributed by atoms with Crippen molar-refractivity contribution in [2.75, 3.05) is 19.6 Å². The lowest BCUT2D eigenvalue weighted by Crippen LogP contribution is -2.42. The quantitative estimate of drug-likeness (QED) is 0.412. The van der Waals surface area contributed by atoms with Gasteiger partial charge in [0.15, 0.2) is 0 Å². The van der Waals surface area contributed by atoms with Crippen molar-refractivity contribution in [2.45, 2.75) is 38.8 Å². The number of carbonyl (C=O) groups is 1. The summed E-state index contributed by atoms with van der Waals surface area (Å²) in [5, 5.41) is 3.41. The predicted molar refractivity (Wildman–Crippen MR) is 84.5 cm³/mol. The van der Waals surface area contributed by atoms with Crippen LogP contribution in [0.2, 0.25) is 0 Å². The number of nitrogens with two attached hydrogens (primary N) is 1. The average Bonchev–Trinajstić information content (AvgIpc) is 2.54. The Morgan fingerprint density at radius 1 is 1.33 bits per heavy atom. The minimum atomic E-state index is -0.146. The minimum absolute atomic E-state index is 0.146. The molecule has 0 bridgehead atoms. The predicted octanol–water partition coefficient (Wildman–Crippen LogP) is 0.793. The highest BCUT2D eigenvalue weighted by atomic mass is 16.2. The Morgan fingerprint density at radius 3 is 2.62 bits per heavy atom. The van der Waals surface area contributed by atoms with E-state index in [4.69, 9.17) is 5.84 Å².